The molecule has 0 saturated carbocycles. The van der Waals surface area contributed by atoms with Crippen LogP contribution in [0, 0.1) is 5.92 Å². The monoisotopic (exact) mass is 488 g/mol. The number of alkyl halides is 3. The molecule has 0 bridgehead atoms. The Morgan fingerprint density at radius 2 is 1.82 bits per heavy atom. The Kier molecular flexibility index (Phi) is 10.0. The summed E-state index contributed by atoms with van der Waals surface area (Å²) in [6.45, 7) is 1.45. The zero-order valence-corrected chi connectivity index (χ0v) is 19.7. The number of ether oxygens (including phenoxy) is 3. The molecule has 0 aromatic heterocycles. The van der Waals surface area contributed by atoms with Gasteiger partial charge in [0.15, 0.2) is 18.1 Å². The number of carbonyl (C=O) groups is 3. The lowest BCUT2D eigenvalue weighted by atomic mass is 9.97. The Morgan fingerprint density at radius 1 is 1.15 bits per heavy atom. The molecule has 8 nitrogen and oxygen atoms in total. The highest BCUT2D eigenvalue weighted by Crippen LogP contribution is 2.30. The van der Waals surface area contributed by atoms with E-state index in [-0.39, 0.29) is 48.2 Å². The highest BCUT2D eigenvalue weighted by molar-refractivity contribution is 5.85. The second kappa shape index (κ2) is 12.5. The van der Waals surface area contributed by atoms with Gasteiger partial charge in [-0.25, -0.2) is 0 Å². The number of likely N-dealkylation sites (tertiary alicyclic amines) is 1. The van der Waals surface area contributed by atoms with Gasteiger partial charge in [-0.2, -0.15) is 13.2 Å². The van der Waals surface area contributed by atoms with Crippen LogP contribution in [0.3, 0.4) is 0 Å². The molecular formula is C23H31F3N2O6. The number of hydrogen-bond donors (Lipinski definition) is 0. The fraction of sp³-hybridized carbons (Fsp3) is 0.609. The number of hydrogen-bond acceptors (Lipinski definition) is 6. The Hall–Kier alpha value is -2.98. The molecule has 0 spiro atoms. The number of likely N-dealkylation sites (N-methyl/N-ethyl adjacent to an activating group) is 1. The third-order valence-electron chi connectivity index (χ3n) is 5.51. The number of halogens is 3. The van der Waals surface area contributed by atoms with Crippen LogP contribution in [-0.4, -0.2) is 80.8 Å². The maximum atomic E-state index is 12.5. The minimum atomic E-state index is -4.46. The van der Waals surface area contributed by atoms with Crippen LogP contribution in [0.2, 0.25) is 0 Å². The second-order valence-corrected chi connectivity index (χ2v) is 8.05. The molecule has 2 amide bonds. The third kappa shape index (κ3) is 8.42. The first-order chi connectivity index (χ1) is 16.0. The Balaban J connectivity index is 1.81. The van der Waals surface area contributed by atoms with Crippen molar-refractivity contribution >= 4 is 17.8 Å². The van der Waals surface area contributed by atoms with Crippen LogP contribution in [0.5, 0.6) is 11.5 Å². The predicted molar refractivity (Wildman–Crippen MR) is 116 cm³/mol. The van der Waals surface area contributed by atoms with E-state index < -0.39 is 12.8 Å². The van der Waals surface area contributed by atoms with Crippen molar-refractivity contribution in [1.29, 1.82) is 0 Å². The molecule has 1 saturated heterocycles. The van der Waals surface area contributed by atoms with Crippen LogP contribution in [0.25, 0.3) is 0 Å². The smallest absolute Gasteiger partial charge is 0.422 e. The number of benzene rings is 1. The van der Waals surface area contributed by atoms with Crippen LogP contribution in [0.4, 0.5) is 13.2 Å². The summed E-state index contributed by atoms with van der Waals surface area (Å²) in [7, 11) is 2.86. The number of rotatable bonds is 10. The largest absolute Gasteiger partial charge is 0.493 e. The average molecular weight is 489 g/mol. The summed E-state index contributed by atoms with van der Waals surface area (Å²) in [6.07, 6.45) is -2.97. The van der Waals surface area contributed by atoms with E-state index in [0.717, 1.165) is 0 Å². The van der Waals surface area contributed by atoms with E-state index in [1.54, 1.807) is 24.9 Å². The van der Waals surface area contributed by atoms with Crippen molar-refractivity contribution in [3.05, 3.63) is 23.8 Å². The number of aryl methyl sites for hydroxylation is 1. The van der Waals surface area contributed by atoms with Gasteiger partial charge in [0.25, 0.3) is 0 Å². The number of amides is 2. The molecule has 0 unspecified atom stereocenters. The second-order valence-electron chi connectivity index (χ2n) is 8.05. The van der Waals surface area contributed by atoms with Gasteiger partial charge >= 0.3 is 12.1 Å². The lowest BCUT2D eigenvalue weighted by Gasteiger charge is -2.32. The summed E-state index contributed by atoms with van der Waals surface area (Å²) < 4.78 is 52.0. The quantitative estimate of drug-likeness (QED) is 0.471. The van der Waals surface area contributed by atoms with Gasteiger partial charge in [-0.15, -0.1) is 0 Å². The van der Waals surface area contributed by atoms with Crippen LogP contribution in [0.1, 0.15) is 31.7 Å². The van der Waals surface area contributed by atoms with E-state index in [4.69, 9.17) is 14.2 Å². The van der Waals surface area contributed by atoms with Crippen molar-refractivity contribution in [3.63, 3.8) is 0 Å². The lowest BCUT2D eigenvalue weighted by Crippen LogP contribution is -2.45. The topological polar surface area (TPSA) is 85.4 Å². The van der Waals surface area contributed by atoms with Crippen molar-refractivity contribution in [2.75, 3.05) is 47.0 Å². The fourth-order valence-electron chi connectivity index (χ4n) is 3.60. The Bertz CT molecular complexity index is 854. The predicted octanol–water partition coefficient (Wildman–Crippen LogP) is 2.83. The van der Waals surface area contributed by atoms with Gasteiger partial charge in [-0.05, 0) is 43.9 Å². The minimum Gasteiger partial charge on any atom is -0.493 e. The maximum absolute atomic E-state index is 12.5. The van der Waals surface area contributed by atoms with Crippen molar-refractivity contribution in [3.8, 4) is 11.5 Å². The summed E-state index contributed by atoms with van der Waals surface area (Å²) in [5, 5.41) is 0. The van der Waals surface area contributed by atoms with Gasteiger partial charge in [-0.1, -0.05) is 6.07 Å². The van der Waals surface area contributed by atoms with Crippen LogP contribution in [0.15, 0.2) is 18.2 Å². The SMILES string of the molecule is CCOC(=O)C1CCN(C(=O)CN(C)C(=O)CCc2ccc(OCC(F)(F)F)c(OC)c2)CC1. The van der Waals surface area contributed by atoms with E-state index in [9.17, 15) is 27.6 Å². The van der Waals surface area contributed by atoms with Crippen molar-refractivity contribution in [1.82, 2.24) is 9.80 Å². The molecule has 34 heavy (non-hydrogen) atoms. The van der Waals surface area contributed by atoms with Gasteiger partial charge in [0, 0.05) is 26.6 Å². The zero-order chi connectivity index (χ0) is 25.3. The molecule has 11 heteroatoms. The molecule has 1 aromatic carbocycles. The summed E-state index contributed by atoms with van der Waals surface area (Å²) in [5.41, 5.74) is 0.685. The number of carbonyl (C=O) groups excluding carboxylic acids is 3. The number of nitrogens with zero attached hydrogens (tertiary/aromatic N) is 2. The number of esters is 1. The van der Waals surface area contributed by atoms with Crippen molar-refractivity contribution < 1.29 is 41.8 Å². The van der Waals surface area contributed by atoms with Crippen molar-refractivity contribution in [2.45, 2.75) is 38.8 Å². The fourth-order valence-corrected chi connectivity index (χ4v) is 3.60. The highest BCUT2D eigenvalue weighted by Gasteiger charge is 2.30. The Labute approximate surface area is 196 Å². The van der Waals surface area contributed by atoms with E-state index in [0.29, 0.717) is 44.5 Å². The van der Waals surface area contributed by atoms with Gasteiger partial charge in [0.1, 0.15) is 0 Å². The highest BCUT2D eigenvalue weighted by atomic mass is 19.4. The lowest BCUT2D eigenvalue weighted by molar-refractivity contribution is -0.153. The van der Waals surface area contributed by atoms with Crippen LogP contribution in [-0.2, 0) is 25.5 Å². The third-order valence-corrected chi connectivity index (χ3v) is 5.51. The van der Waals surface area contributed by atoms with E-state index in [1.807, 2.05) is 0 Å². The molecule has 1 fully saturated rings. The molecule has 1 heterocycles. The molecule has 1 aliphatic rings. The number of piperidine rings is 1. The van der Waals surface area contributed by atoms with Gasteiger partial charge in [-0.3, -0.25) is 14.4 Å². The first kappa shape index (κ1) is 27.3. The first-order valence-corrected chi connectivity index (χ1v) is 11.1. The normalized spacial score (nSPS) is 14.5. The van der Waals surface area contributed by atoms with Crippen molar-refractivity contribution in [2.24, 2.45) is 5.92 Å². The molecule has 190 valence electrons. The van der Waals surface area contributed by atoms with Gasteiger partial charge in [0.05, 0.1) is 26.2 Å². The van der Waals surface area contributed by atoms with E-state index >= 15 is 0 Å². The number of methoxy groups -OCH3 is 1. The summed E-state index contributed by atoms with van der Waals surface area (Å²) in [5.74, 6) is -0.769. The summed E-state index contributed by atoms with van der Waals surface area (Å²) in [6, 6.07) is 4.47. The van der Waals surface area contributed by atoms with Crippen LogP contribution < -0.4 is 9.47 Å². The molecule has 1 aliphatic heterocycles. The molecule has 1 aromatic rings. The Morgan fingerprint density at radius 3 is 2.41 bits per heavy atom. The molecule has 0 aliphatic carbocycles. The standard InChI is InChI=1S/C23H31F3N2O6/c1-4-33-22(31)17-9-11-28(12-10-17)21(30)14-27(2)20(29)8-6-16-5-7-18(19(13-16)32-3)34-15-23(24,25)26/h5,7,13,17H,4,6,8-12,14-15H2,1-3H3. The molecule has 0 radical (unpaired) electrons. The van der Waals surface area contributed by atoms with E-state index in [2.05, 4.69) is 0 Å². The zero-order valence-electron chi connectivity index (χ0n) is 19.7. The maximum Gasteiger partial charge on any atom is 0.422 e. The average Bonchev–Trinajstić information content (AvgIpc) is 2.80. The van der Waals surface area contributed by atoms with Gasteiger partial charge in [0.2, 0.25) is 11.8 Å². The summed E-state index contributed by atoms with van der Waals surface area (Å²) in [4.78, 5) is 39.9. The van der Waals surface area contributed by atoms with E-state index in [1.165, 1.54) is 24.1 Å². The molecular weight excluding hydrogens is 457 g/mol. The first-order valence-electron chi connectivity index (χ1n) is 11.1. The minimum absolute atomic E-state index is 0.0376. The molecule has 0 N–H and O–H groups in total. The van der Waals surface area contributed by atoms with Gasteiger partial charge < -0.3 is 24.0 Å². The molecule has 2 rings (SSSR count). The van der Waals surface area contributed by atoms with Crippen LogP contribution >= 0.6 is 0 Å². The summed E-state index contributed by atoms with van der Waals surface area (Å²) >= 11 is 0. The molecule has 0 atom stereocenters.